The molecular weight excluding hydrogens is 508 g/mol. The molecule has 0 amide bonds. The van der Waals surface area contributed by atoms with Crippen LogP contribution in [0, 0.1) is 0 Å². The van der Waals surface area contributed by atoms with Crippen LogP contribution in [0.1, 0.15) is 11.1 Å². The maximum Gasteiger partial charge on any atom is 0.0541 e. The van der Waals surface area contributed by atoms with Gasteiger partial charge in [0.25, 0.3) is 0 Å². The van der Waals surface area contributed by atoms with Crippen molar-refractivity contribution in [1.82, 2.24) is 9.13 Å². The molecule has 0 atom stereocenters. The lowest BCUT2D eigenvalue weighted by atomic mass is 10.0. The average Bonchev–Trinajstić information content (AvgIpc) is 3.57. The van der Waals surface area contributed by atoms with Crippen LogP contribution in [0.3, 0.4) is 0 Å². The van der Waals surface area contributed by atoms with Crippen LogP contribution in [-0.2, 0) is 0 Å². The summed E-state index contributed by atoms with van der Waals surface area (Å²) < 4.78 is 4.71. The molecule has 0 aliphatic rings. The Hall–Kier alpha value is -5.60. The second-order valence-electron chi connectivity index (χ2n) is 10.8. The molecule has 0 aliphatic heterocycles. The van der Waals surface area contributed by atoms with E-state index in [2.05, 4.69) is 156 Å². The van der Waals surface area contributed by atoms with Gasteiger partial charge in [-0.1, -0.05) is 98.1 Å². The second kappa shape index (κ2) is 9.50. The van der Waals surface area contributed by atoms with Crippen molar-refractivity contribution in [3.05, 3.63) is 158 Å². The molecule has 0 saturated carbocycles. The van der Waals surface area contributed by atoms with E-state index in [1.165, 1.54) is 54.7 Å². The number of hydrogen-bond donors (Lipinski definition) is 0. The summed E-state index contributed by atoms with van der Waals surface area (Å²) in [5, 5.41) is 4.99. The molecule has 198 valence electrons. The molecule has 8 aromatic rings. The maximum atomic E-state index is 3.98. The SMILES string of the molecule is C=Cc1cccc(-n2c3ccccc3c3cc(-c4ccc5c(c4)c4ccccc4n5-c4cccc(C=C)c4)ccc32)c1. The number of hydrogen-bond acceptors (Lipinski definition) is 0. The molecule has 0 unspecified atom stereocenters. The minimum Gasteiger partial charge on any atom is -0.309 e. The summed E-state index contributed by atoms with van der Waals surface area (Å²) in [4.78, 5) is 0. The number of rotatable bonds is 5. The first-order chi connectivity index (χ1) is 20.7. The first kappa shape index (κ1) is 24.2. The van der Waals surface area contributed by atoms with Gasteiger partial charge < -0.3 is 9.13 Å². The van der Waals surface area contributed by atoms with Crippen molar-refractivity contribution in [2.24, 2.45) is 0 Å². The molecule has 0 fully saturated rings. The summed E-state index contributed by atoms with van der Waals surface area (Å²) in [5.74, 6) is 0. The van der Waals surface area contributed by atoms with E-state index in [9.17, 15) is 0 Å². The Bertz CT molecular complexity index is 2180. The number of benzene rings is 6. The van der Waals surface area contributed by atoms with Gasteiger partial charge in [-0.15, -0.1) is 0 Å². The Morgan fingerprint density at radius 3 is 1.26 bits per heavy atom. The highest BCUT2D eigenvalue weighted by Crippen LogP contribution is 2.38. The van der Waals surface area contributed by atoms with Crippen molar-refractivity contribution in [2.45, 2.75) is 0 Å². The number of aromatic nitrogens is 2. The van der Waals surface area contributed by atoms with Crippen LogP contribution in [-0.4, -0.2) is 9.13 Å². The Kier molecular flexibility index (Phi) is 5.48. The third kappa shape index (κ3) is 3.66. The van der Waals surface area contributed by atoms with Gasteiger partial charge in [0, 0.05) is 32.9 Å². The highest BCUT2D eigenvalue weighted by atomic mass is 15.0. The van der Waals surface area contributed by atoms with Gasteiger partial charge in [-0.05, 0) is 82.9 Å². The summed E-state index contributed by atoms with van der Waals surface area (Å²) in [6, 6.07) is 48.2. The van der Waals surface area contributed by atoms with Crippen molar-refractivity contribution < 1.29 is 0 Å². The quantitative estimate of drug-likeness (QED) is 0.207. The van der Waals surface area contributed by atoms with Gasteiger partial charge in [-0.25, -0.2) is 0 Å². The highest BCUT2D eigenvalue weighted by molar-refractivity contribution is 6.12. The fraction of sp³-hybridized carbons (Fsp3) is 0. The lowest BCUT2D eigenvalue weighted by Gasteiger charge is -2.10. The van der Waals surface area contributed by atoms with E-state index in [0.29, 0.717) is 0 Å². The number of fused-ring (bicyclic) bond motifs is 6. The normalized spacial score (nSPS) is 11.5. The van der Waals surface area contributed by atoms with Gasteiger partial charge in [0.15, 0.2) is 0 Å². The van der Waals surface area contributed by atoms with Gasteiger partial charge in [0.2, 0.25) is 0 Å². The first-order valence-electron chi connectivity index (χ1n) is 14.3. The van der Waals surface area contributed by atoms with Gasteiger partial charge in [0.1, 0.15) is 0 Å². The van der Waals surface area contributed by atoms with Crippen molar-refractivity contribution in [2.75, 3.05) is 0 Å². The van der Waals surface area contributed by atoms with Gasteiger partial charge in [-0.3, -0.25) is 0 Å². The second-order valence-corrected chi connectivity index (χ2v) is 10.8. The Labute approximate surface area is 244 Å². The van der Waals surface area contributed by atoms with Gasteiger partial charge in [0.05, 0.1) is 22.1 Å². The largest absolute Gasteiger partial charge is 0.309 e. The summed E-state index contributed by atoms with van der Waals surface area (Å²) in [7, 11) is 0. The van der Waals surface area contributed by atoms with E-state index in [0.717, 1.165) is 22.5 Å². The van der Waals surface area contributed by atoms with Crippen LogP contribution in [0.2, 0.25) is 0 Å². The van der Waals surface area contributed by atoms with Gasteiger partial charge in [-0.2, -0.15) is 0 Å². The van der Waals surface area contributed by atoms with Crippen LogP contribution in [0.15, 0.2) is 147 Å². The average molecular weight is 537 g/mol. The molecule has 2 nitrogen and oxygen atoms in total. The Balaban J connectivity index is 1.34. The number of para-hydroxylation sites is 2. The molecular formula is C40H28N2. The fourth-order valence-electron chi connectivity index (χ4n) is 6.44. The molecule has 8 rings (SSSR count). The smallest absolute Gasteiger partial charge is 0.0541 e. The molecule has 2 heterocycles. The minimum atomic E-state index is 1.11. The molecule has 42 heavy (non-hydrogen) atoms. The van der Waals surface area contributed by atoms with Crippen molar-refractivity contribution in [3.63, 3.8) is 0 Å². The predicted octanol–water partition coefficient (Wildman–Crippen LogP) is 10.8. The Morgan fingerprint density at radius 2 is 0.810 bits per heavy atom. The molecule has 6 aromatic carbocycles. The van der Waals surface area contributed by atoms with Crippen molar-refractivity contribution >= 4 is 55.8 Å². The summed E-state index contributed by atoms with van der Waals surface area (Å²) in [6.45, 7) is 7.95. The molecule has 2 heteroatoms. The summed E-state index contributed by atoms with van der Waals surface area (Å²) in [5.41, 5.74) is 11.7. The predicted molar refractivity (Wildman–Crippen MR) is 181 cm³/mol. The zero-order valence-corrected chi connectivity index (χ0v) is 23.2. The summed E-state index contributed by atoms with van der Waals surface area (Å²) in [6.07, 6.45) is 3.80. The molecule has 2 aromatic heterocycles. The highest BCUT2D eigenvalue weighted by Gasteiger charge is 2.16. The van der Waals surface area contributed by atoms with Crippen LogP contribution < -0.4 is 0 Å². The van der Waals surface area contributed by atoms with E-state index in [4.69, 9.17) is 0 Å². The van der Waals surface area contributed by atoms with Crippen LogP contribution >= 0.6 is 0 Å². The number of nitrogens with zero attached hydrogens (tertiary/aromatic N) is 2. The van der Waals surface area contributed by atoms with E-state index < -0.39 is 0 Å². The zero-order valence-electron chi connectivity index (χ0n) is 23.2. The van der Waals surface area contributed by atoms with E-state index in [-0.39, 0.29) is 0 Å². The maximum absolute atomic E-state index is 3.98. The third-order valence-electron chi connectivity index (χ3n) is 8.41. The van der Waals surface area contributed by atoms with Crippen LogP contribution in [0.25, 0.3) is 78.3 Å². The first-order valence-corrected chi connectivity index (χ1v) is 14.3. The van der Waals surface area contributed by atoms with E-state index in [1.54, 1.807) is 0 Å². The van der Waals surface area contributed by atoms with Crippen LogP contribution in [0.4, 0.5) is 0 Å². The van der Waals surface area contributed by atoms with E-state index in [1.807, 2.05) is 12.2 Å². The molecule has 0 saturated heterocycles. The summed E-state index contributed by atoms with van der Waals surface area (Å²) >= 11 is 0. The minimum absolute atomic E-state index is 1.11. The standard InChI is InChI=1S/C40H28N2/c1-3-27-11-9-13-31(23-27)41-37-17-7-5-15-33(37)35-25-29(19-21-39(35)41)30-20-22-40-36(26-30)34-16-6-8-18-38(34)42(40)32-14-10-12-28(4-2)24-32/h3-26H,1-2H2. The lowest BCUT2D eigenvalue weighted by molar-refractivity contribution is 1.18. The molecule has 0 radical (unpaired) electrons. The molecule has 0 spiro atoms. The third-order valence-corrected chi connectivity index (χ3v) is 8.41. The van der Waals surface area contributed by atoms with Crippen LogP contribution in [0.5, 0.6) is 0 Å². The topological polar surface area (TPSA) is 9.86 Å². The zero-order chi connectivity index (χ0) is 28.2. The fourth-order valence-corrected chi connectivity index (χ4v) is 6.44. The monoisotopic (exact) mass is 536 g/mol. The molecule has 0 aliphatic carbocycles. The van der Waals surface area contributed by atoms with Gasteiger partial charge >= 0.3 is 0 Å². The Morgan fingerprint density at radius 1 is 0.381 bits per heavy atom. The molecule has 0 N–H and O–H groups in total. The molecule has 0 bridgehead atoms. The van der Waals surface area contributed by atoms with E-state index >= 15 is 0 Å². The van der Waals surface area contributed by atoms with Crippen molar-refractivity contribution in [1.29, 1.82) is 0 Å². The lowest BCUT2D eigenvalue weighted by Crippen LogP contribution is -1.94. The van der Waals surface area contributed by atoms with Crippen molar-refractivity contribution in [3.8, 4) is 22.5 Å².